The van der Waals surface area contributed by atoms with E-state index in [-0.39, 0.29) is 17.1 Å². The fraction of sp³-hybridized carbons (Fsp3) is 0.0952. The summed E-state index contributed by atoms with van der Waals surface area (Å²) >= 11 is 0. The number of hydrogen-bond donors (Lipinski definition) is 0. The van der Waals surface area contributed by atoms with Crippen molar-refractivity contribution in [1.29, 1.82) is 10.5 Å². The van der Waals surface area contributed by atoms with Crippen LogP contribution in [0.15, 0.2) is 72.0 Å². The molecule has 2 rings (SSSR count). The first kappa shape index (κ1) is 17.7. The number of carbonyl (C=O) groups is 1. The molecule has 0 unspecified atom stereocenters. The fourth-order valence-electron chi connectivity index (χ4n) is 2.43. The van der Waals surface area contributed by atoms with Crippen LogP contribution in [0.3, 0.4) is 0 Å². The first-order chi connectivity index (χ1) is 12.1. The lowest BCUT2D eigenvalue weighted by atomic mass is 10.0. The van der Waals surface area contributed by atoms with Crippen molar-refractivity contribution < 1.29 is 9.53 Å². The van der Waals surface area contributed by atoms with Crippen molar-refractivity contribution in [3.05, 3.63) is 83.1 Å². The number of rotatable bonds is 5. The number of ether oxygens (including phenoxy) is 1. The lowest BCUT2D eigenvalue weighted by Gasteiger charge is -2.14. The summed E-state index contributed by atoms with van der Waals surface area (Å²) in [6, 6.07) is 21.7. The van der Waals surface area contributed by atoms with Crippen LogP contribution in [0, 0.1) is 22.7 Å². The molecule has 4 heteroatoms. The molecule has 0 fully saturated rings. The molecule has 0 spiro atoms. The second-order valence-corrected chi connectivity index (χ2v) is 5.25. The van der Waals surface area contributed by atoms with Crippen LogP contribution in [0.2, 0.25) is 0 Å². The van der Waals surface area contributed by atoms with Gasteiger partial charge in [-0.2, -0.15) is 10.5 Å². The molecule has 0 N–H and O–H groups in total. The molecule has 0 saturated carbocycles. The molecule has 0 radical (unpaired) electrons. The lowest BCUT2D eigenvalue weighted by Crippen LogP contribution is -2.03. The van der Waals surface area contributed by atoms with Gasteiger partial charge in [-0.05, 0) is 19.4 Å². The summed E-state index contributed by atoms with van der Waals surface area (Å²) in [5.41, 5.74) is 1.57. The number of nitrogens with zero attached hydrogens (tertiary/aromatic N) is 2. The lowest BCUT2D eigenvalue weighted by molar-refractivity contribution is -0.111. The summed E-state index contributed by atoms with van der Waals surface area (Å²) in [6.07, 6.45) is 0. The van der Waals surface area contributed by atoms with Gasteiger partial charge in [0.25, 0.3) is 0 Å². The number of nitriles is 2. The third-order valence-electron chi connectivity index (χ3n) is 3.51. The largest absolute Gasteiger partial charge is 0.458 e. The van der Waals surface area contributed by atoms with E-state index in [9.17, 15) is 15.3 Å². The molecule has 0 heterocycles. The monoisotopic (exact) mass is 328 g/mol. The van der Waals surface area contributed by atoms with Gasteiger partial charge in [0, 0.05) is 5.56 Å². The average molecular weight is 328 g/mol. The Kier molecular flexibility index (Phi) is 5.87. The van der Waals surface area contributed by atoms with E-state index >= 15 is 0 Å². The van der Waals surface area contributed by atoms with Crippen molar-refractivity contribution in [2.24, 2.45) is 0 Å². The molecule has 0 aliphatic heterocycles. The summed E-state index contributed by atoms with van der Waals surface area (Å²) in [5.74, 6) is 0.310. The van der Waals surface area contributed by atoms with Crippen LogP contribution < -0.4 is 0 Å². The van der Waals surface area contributed by atoms with Crippen LogP contribution in [0.5, 0.6) is 0 Å². The molecule has 0 amide bonds. The Labute approximate surface area is 146 Å². The van der Waals surface area contributed by atoms with Gasteiger partial charge in [-0.1, -0.05) is 60.7 Å². The van der Waals surface area contributed by atoms with Gasteiger partial charge in [0.15, 0.2) is 17.1 Å². The van der Waals surface area contributed by atoms with Crippen molar-refractivity contribution in [2.45, 2.75) is 13.8 Å². The first-order valence-corrected chi connectivity index (χ1v) is 7.63. The topological polar surface area (TPSA) is 73.9 Å². The average Bonchev–Trinajstić information content (AvgIpc) is 2.63. The SMILES string of the molecule is CC(=O)/C(=C(/C)OC(=C(C#N)C#N)c1ccccc1)c1ccccc1. The number of Topliss-reactive ketones (excluding diaryl/α,β-unsaturated/α-hetero) is 1. The van der Waals surface area contributed by atoms with E-state index in [1.165, 1.54) is 6.92 Å². The van der Waals surface area contributed by atoms with Crippen LogP contribution in [0.1, 0.15) is 25.0 Å². The van der Waals surface area contributed by atoms with E-state index in [4.69, 9.17) is 4.74 Å². The van der Waals surface area contributed by atoms with Gasteiger partial charge in [-0.25, -0.2) is 0 Å². The smallest absolute Gasteiger partial charge is 0.172 e. The molecule has 0 aliphatic carbocycles. The molecule has 0 aromatic heterocycles. The van der Waals surface area contributed by atoms with Crippen LogP contribution in [-0.4, -0.2) is 5.78 Å². The number of ketones is 1. The molecule has 2 aromatic rings. The summed E-state index contributed by atoms with van der Waals surface area (Å²) in [6.45, 7) is 3.11. The number of benzene rings is 2. The normalized spacial score (nSPS) is 10.7. The maximum atomic E-state index is 12.1. The molecule has 0 aliphatic rings. The number of allylic oxidation sites excluding steroid dienone is 3. The van der Waals surface area contributed by atoms with Gasteiger partial charge >= 0.3 is 0 Å². The standard InChI is InChI=1S/C21H16N2O2/c1-15(24)20(17-9-5-3-6-10-17)16(2)25-21(19(13-22)14-23)18-11-7-4-8-12-18/h3-12H,1-2H3/b20-16+. The molecule has 0 bridgehead atoms. The highest BCUT2D eigenvalue weighted by molar-refractivity contribution is 6.20. The third-order valence-corrected chi connectivity index (χ3v) is 3.51. The summed E-state index contributed by atoms with van der Waals surface area (Å²) in [7, 11) is 0. The Morgan fingerprint density at radius 1 is 0.840 bits per heavy atom. The summed E-state index contributed by atoms with van der Waals surface area (Å²) in [4.78, 5) is 12.1. The van der Waals surface area contributed by atoms with E-state index in [0.29, 0.717) is 16.9 Å². The van der Waals surface area contributed by atoms with E-state index in [2.05, 4.69) is 0 Å². The zero-order valence-corrected chi connectivity index (χ0v) is 14.0. The Hall–Kier alpha value is -3.63. The molecule has 2 aromatic carbocycles. The number of hydrogen-bond acceptors (Lipinski definition) is 4. The van der Waals surface area contributed by atoms with Crippen molar-refractivity contribution >= 4 is 17.1 Å². The quantitative estimate of drug-likeness (QED) is 0.461. The Morgan fingerprint density at radius 2 is 1.32 bits per heavy atom. The molecule has 25 heavy (non-hydrogen) atoms. The van der Waals surface area contributed by atoms with E-state index in [1.54, 1.807) is 31.2 Å². The molecule has 0 saturated heterocycles. The molecular formula is C21H16N2O2. The highest BCUT2D eigenvalue weighted by Crippen LogP contribution is 2.27. The zero-order chi connectivity index (χ0) is 18.2. The van der Waals surface area contributed by atoms with Crippen molar-refractivity contribution in [3.63, 3.8) is 0 Å². The fourth-order valence-corrected chi connectivity index (χ4v) is 2.43. The van der Waals surface area contributed by atoms with E-state index in [0.717, 1.165) is 5.56 Å². The molecule has 4 nitrogen and oxygen atoms in total. The minimum Gasteiger partial charge on any atom is -0.458 e. The Morgan fingerprint density at radius 3 is 1.76 bits per heavy atom. The summed E-state index contributed by atoms with van der Waals surface area (Å²) < 4.78 is 5.85. The van der Waals surface area contributed by atoms with Gasteiger partial charge in [-0.3, -0.25) is 4.79 Å². The summed E-state index contributed by atoms with van der Waals surface area (Å²) in [5, 5.41) is 18.5. The van der Waals surface area contributed by atoms with Crippen LogP contribution in [0.4, 0.5) is 0 Å². The van der Waals surface area contributed by atoms with Crippen molar-refractivity contribution in [1.82, 2.24) is 0 Å². The van der Waals surface area contributed by atoms with Crippen molar-refractivity contribution in [3.8, 4) is 12.1 Å². The second kappa shape index (κ2) is 8.29. The molecule has 122 valence electrons. The van der Waals surface area contributed by atoms with E-state index in [1.807, 2.05) is 48.5 Å². The first-order valence-electron chi connectivity index (χ1n) is 7.63. The third kappa shape index (κ3) is 4.22. The predicted octanol–water partition coefficient (Wildman–Crippen LogP) is 4.48. The van der Waals surface area contributed by atoms with Crippen LogP contribution in [-0.2, 0) is 9.53 Å². The van der Waals surface area contributed by atoms with E-state index < -0.39 is 0 Å². The number of carbonyl (C=O) groups excluding carboxylic acids is 1. The molecule has 0 atom stereocenters. The highest BCUT2D eigenvalue weighted by atomic mass is 16.5. The van der Waals surface area contributed by atoms with Crippen LogP contribution >= 0.6 is 0 Å². The van der Waals surface area contributed by atoms with Gasteiger partial charge in [0.05, 0.1) is 5.57 Å². The Bertz CT molecular complexity index is 896. The maximum absolute atomic E-state index is 12.1. The predicted molar refractivity (Wildman–Crippen MR) is 95.4 cm³/mol. The highest BCUT2D eigenvalue weighted by Gasteiger charge is 2.17. The van der Waals surface area contributed by atoms with Gasteiger partial charge in [0.2, 0.25) is 0 Å². The molecular weight excluding hydrogens is 312 g/mol. The second-order valence-electron chi connectivity index (χ2n) is 5.25. The zero-order valence-electron chi connectivity index (χ0n) is 14.0. The van der Waals surface area contributed by atoms with Gasteiger partial charge in [0.1, 0.15) is 17.9 Å². The Balaban J connectivity index is 2.59. The van der Waals surface area contributed by atoms with Crippen molar-refractivity contribution in [2.75, 3.05) is 0 Å². The maximum Gasteiger partial charge on any atom is 0.172 e. The minimum absolute atomic E-state index is 0.137. The van der Waals surface area contributed by atoms with Crippen LogP contribution in [0.25, 0.3) is 11.3 Å². The minimum atomic E-state index is -0.161. The van der Waals surface area contributed by atoms with Gasteiger partial charge in [-0.15, -0.1) is 0 Å². The van der Waals surface area contributed by atoms with Gasteiger partial charge < -0.3 is 4.74 Å².